The van der Waals surface area contributed by atoms with Gasteiger partial charge in [0.25, 0.3) is 0 Å². The first kappa shape index (κ1) is 22.4. The lowest BCUT2D eigenvalue weighted by molar-refractivity contribution is -0.384. The Bertz CT molecular complexity index is 1330. The van der Waals surface area contributed by atoms with E-state index in [1.165, 1.54) is 12.1 Å². The molecule has 0 aliphatic rings. The number of imidazole rings is 1. The normalized spacial score (nSPS) is 10.8. The molecular weight excluding hydrogens is 514 g/mol. The number of aromatic nitrogens is 5. The summed E-state index contributed by atoms with van der Waals surface area (Å²) in [5.41, 5.74) is 14.0. The molecule has 4 aromatic rings. The fraction of sp³-hybridized carbons (Fsp3) is 0.100. The van der Waals surface area contributed by atoms with Crippen LogP contribution in [0.4, 0.5) is 23.3 Å². The summed E-state index contributed by atoms with van der Waals surface area (Å²) in [6.45, 7) is 0.391. The molecule has 0 saturated heterocycles. The van der Waals surface area contributed by atoms with Crippen molar-refractivity contribution in [2.24, 2.45) is 0 Å². The topological polar surface area (TPSA) is 175 Å². The van der Waals surface area contributed by atoms with Gasteiger partial charge in [-0.15, -0.1) is 0 Å². The first-order valence-corrected chi connectivity index (χ1v) is 10.8. The SMILES string of the molecule is Nc1nc(CCNc2ccc([N+](=O)[O-])c(N)n2)c(-c2ncc[nH]2)c(-c2ccc(Br)cc2Cl)n1. The van der Waals surface area contributed by atoms with Gasteiger partial charge in [0, 0.05) is 41.5 Å². The summed E-state index contributed by atoms with van der Waals surface area (Å²) in [5.74, 6) is 0.888. The van der Waals surface area contributed by atoms with Gasteiger partial charge in [0.15, 0.2) is 0 Å². The molecule has 168 valence electrons. The molecule has 3 heterocycles. The minimum atomic E-state index is -0.583. The number of nitrogen functional groups attached to an aromatic ring is 2. The number of nitrogens with one attached hydrogen (secondary N) is 2. The molecule has 0 unspecified atom stereocenters. The van der Waals surface area contributed by atoms with Gasteiger partial charge in [0.2, 0.25) is 11.8 Å². The van der Waals surface area contributed by atoms with Crippen LogP contribution in [0.25, 0.3) is 22.6 Å². The molecule has 13 heteroatoms. The van der Waals surface area contributed by atoms with Crippen molar-refractivity contribution in [3.63, 3.8) is 0 Å². The number of pyridine rings is 1. The minimum absolute atomic E-state index is 0.0898. The van der Waals surface area contributed by atoms with Crippen LogP contribution in [0.3, 0.4) is 0 Å². The average Bonchev–Trinajstić information content (AvgIpc) is 3.27. The number of nitro groups is 1. The summed E-state index contributed by atoms with van der Waals surface area (Å²) in [4.78, 5) is 30.7. The van der Waals surface area contributed by atoms with Crippen LogP contribution in [0, 0.1) is 10.1 Å². The third-order valence-corrected chi connectivity index (χ3v) is 5.50. The highest BCUT2D eigenvalue weighted by atomic mass is 79.9. The summed E-state index contributed by atoms with van der Waals surface area (Å²) in [6.07, 6.45) is 3.75. The Labute approximate surface area is 200 Å². The molecule has 11 nitrogen and oxygen atoms in total. The molecule has 0 radical (unpaired) electrons. The van der Waals surface area contributed by atoms with Crippen LogP contribution in [0.2, 0.25) is 5.02 Å². The Morgan fingerprint density at radius 1 is 1.18 bits per heavy atom. The van der Waals surface area contributed by atoms with Crippen molar-refractivity contribution in [1.82, 2.24) is 24.9 Å². The zero-order chi connectivity index (χ0) is 23.5. The van der Waals surface area contributed by atoms with Gasteiger partial charge >= 0.3 is 5.69 Å². The van der Waals surface area contributed by atoms with Crippen molar-refractivity contribution in [3.05, 3.63) is 68.0 Å². The lowest BCUT2D eigenvalue weighted by Crippen LogP contribution is -2.12. The average molecular weight is 531 g/mol. The Hall–Kier alpha value is -3.77. The van der Waals surface area contributed by atoms with Gasteiger partial charge < -0.3 is 21.8 Å². The van der Waals surface area contributed by atoms with Crippen LogP contribution in [-0.2, 0) is 6.42 Å². The van der Waals surface area contributed by atoms with Crippen molar-refractivity contribution in [1.29, 1.82) is 0 Å². The highest BCUT2D eigenvalue weighted by molar-refractivity contribution is 9.10. The largest absolute Gasteiger partial charge is 0.378 e. The smallest absolute Gasteiger partial charge is 0.311 e. The molecule has 33 heavy (non-hydrogen) atoms. The fourth-order valence-corrected chi connectivity index (χ4v) is 4.03. The molecule has 0 saturated carbocycles. The number of anilines is 3. The molecule has 0 amide bonds. The van der Waals surface area contributed by atoms with Crippen LogP contribution < -0.4 is 16.8 Å². The highest BCUT2D eigenvalue weighted by Gasteiger charge is 2.21. The van der Waals surface area contributed by atoms with Gasteiger partial charge in [-0.25, -0.2) is 19.9 Å². The summed E-state index contributed by atoms with van der Waals surface area (Å²) in [7, 11) is 0. The summed E-state index contributed by atoms with van der Waals surface area (Å²) in [6, 6.07) is 8.26. The lowest BCUT2D eigenvalue weighted by atomic mass is 10.0. The predicted octanol–water partition coefficient (Wildman–Crippen LogP) is 4.07. The Balaban J connectivity index is 1.68. The third kappa shape index (κ3) is 4.86. The Morgan fingerprint density at radius 3 is 2.67 bits per heavy atom. The summed E-state index contributed by atoms with van der Waals surface area (Å²) < 4.78 is 0.831. The first-order chi connectivity index (χ1) is 15.8. The van der Waals surface area contributed by atoms with Gasteiger partial charge in [-0.1, -0.05) is 33.6 Å². The maximum atomic E-state index is 10.9. The van der Waals surface area contributed by atoms with E-state index in [9.17, 15) is 10.1 Å². The van der Waals surface area contributed by atoms with Crippen molar-refractivity contribution in [2.45, 2.75) is 6.42 Å². The third-order valence-electron chi connectivity index (χ3n) is 4.69. The van der Waals surface area contributed by atoms with Crippen LogP contribution in [0.1, 0.15) is 5.69 Å². The van der Waals surface area contributed by atoms with Crippen molar-refractivity contribution < 1.29 is 4.92 Å². The van der Waals surface area contributed by atoms with Gasteiger partial charge in [0.1, 0.15) is 11.6 Å². The van der Waals surface area contributed by atoms with E-state index in [0.29, 0.717) is 52.1 Å². The molecule has 4 rings (SSSR count). The van der Waals surface area contributed by atoms with Crippen LogP contribution in [-0.4, -0.2) is 36.4 Å². The molecule has 6 N–H and O–H groups in total. The van der Waals surface area contributed by atoms with Crippen molar-refractivity contribution in [2.75, 3.05) is 23.3 Å². The highest BCUT2D eigenvalue weighted by Crippen LogP contribution is 2.37. The number of hydrogen-bond donors (Lipinski definition) is 4. The number of aromatic amines is 1. The molecule has 0 aliphatic carbocycles. The number of hydrogen-bond acceptors (Lipinski definition) is 9. The zero-order valence-corrected chi connectivity index (χ0v) is 19.3. The van der Waals surface area contributed by atoms with Gasteiger partial charge in [-0.05, 0) is 18.2 Å². The quantitative estimate of drug-likeness (QED) is 0.203. The Kier molecular flexibility index (Phi) is 6.38. The fourth-order valence-electron chi connectivity index (χ4n) is 3.26. The molecule has 0 fully saturated rings. The number of rotatable bonds is 7. The number of nitrogens with zero attached hydrogens (tertiary/aromatic N) is 5. The van der Waals surface area contributed by atoms with E-state index in [4.69, 9.17) is 23.1 Å². The van der Waals surface area contributed by atoms with E-state index in [1.54, 1.807) is 18.5 Å². The van der Waals surface area contributed by atoms with Crippen molar-refractivity contribution in [3.8, 4) is 22.6 Å². The van der Waals surface area contributed by atoms with Gasteiger partial charge in [-0.2, -0.15) is 0 Å². The monoisotopic (exact) mass is 529 g/mol. The summed E-state index contributed by atoms with van der Waals surface area (Å²) in [5, 5.41) is 14.5. The van der Waals surface area contributed by atoms with E-state index >= 15 is 0 Å². The predicted molar refractivity (Wildman–Crippen MR) is 130 cm³/mol. The zero-order valence-electron chi connectivity index (χ0n) is 16.9. The van der Waals surface area contributed by atoms with Crippen LogP contribution in [0.15, 0.2) is 47.2 Å². The van der Waals surface area contributed by atoms with E-state index in [0.717, 1.165) is 4.47 Å². The molecule has 3 aromatic heterocycles. The maximum Gasteiger partial charge on any atom is 0.311 e. The van der Waals surface area contributed by atoms with Crippen LogP contribution >= 0.6 is 27.5 Å². The standard InChI is InChI=1S/C20H17BrClN9O2/c21-10-1-2-11(12(22)9-10)17-16(19-26-7-8-27-19)13(28-20(24)30-17)5-6-25-15-4-3-14(31(32)33)18(23)29-15/h1-4,7-9H,5-6H2,(H,26,27)(H3,23,25,29)(H2,24,28,30). The first-order valence-electron chi connectivity index (χ1n) is 9.60. The van der Waals surface area contributed by atoms with E-state index < -0.39 is 4.92 Å². The molecule has 0 atom stereocenters. The molecule has 1 aromatic carbocycles. The molecular formula is C20H17BrClN9O2. The number of halogens is 2. The van der Waals surface area contributed by atoms with E-state index in [-0.39, 0.29) is 17.5 Å². The van der Waals surface area contributed by atoms with Crippen LogP contribution in [0.5, 0.6) is 0 Å². The minimum Gasteiger partial charge on any atom is -0.378 e. The second-order valence-electron chi connectivity index (χ2n) is 6.85. The van der Waals surface area contributed by atoms with Crippen molar-refractivity contribution >= 4 is 50.8 Å². The van der Waals surface area contributed by atoms with E-state index in [1.807, 2.05) is 12.1 Å². The van der Waals surface area contributed by atoms with E-state index in [2.05, 4.69) is 46.2 Å². The number of benzene rings is 1. The van der Waals surface area contributed by atoms with Gasteiger partial charge in [0.05, 0.1) is 26.9 Å². The molecule has 0 aliphatic heterocycles. The second-order valence-corrected chi connectivity index (χ2v) is 8.17. The summed E-state index contributed by atoms with van der Waals surface area (Å²) >= 11 is 9.90. The lowest BCUT2D eigenvalue weighted by Gasteiger charge is -2.15. The van der Waals surface area contributed by atoms with Gasteiger partial charge in [-0.3, -0.25) is 10.1 Å². The molecule has 0 bridgehead atoms. The Morgan fingerprint density at radius 2 is 2.00 bits per heavy atom. The number of H-pyrrole nitrogens is 1. The molecule has 0 spiro atoms. The number of nitrogens with two attached hydrogens (primary N) is 2. The second kappa shape index (κ2) is 9.38. The maximum absolute atomic E-state index is 10.9.